The van der Waals surface area contributed by atoms with E-state index < -0.39 is 73.7 Å². The molecular formula is C14H25NO10. The lowest BCUT2D eigenvalue weighted by Crippen LogP contribution is -2.67. The minimum absolute atomic E-state index is 0.269. The molecule has 2 fully saturated rings. The molecule has 0 aromatic heterocycles. The second-order valence-electron chi connectivity index (χ2n) is 6.39. The zero-order chi connectivity index (χ0) is 18.9. The summed E-state index contributed by atoms with van der Waals surface area (Å²) in [7, 11) is 0. The minimum atomic E-state index is -1.66. The van der Waals surface area contributed by atoms with Crippen molar-refractivity contribution in [2.45, 2.75) is 74.5 Å². The Labute approximate surface area is 143 Å². The second-order valence-corrected chi connectivity index (χ2v) is 6.39. The molecule has 1 saturated carbocycles. The van der Waals surface area contributed by atoms with Crippen molar-refractivity contribution in [1.82, 2.24) is 5.32 Å². The Balaban J connectivity index is 2.19. The number of nitrogens with one attached hydrogen (secondary N) is 1. The van der Waals surface area contributed by atoms with E-state index in [1.54, 1.807) is 0 Å². The van der Waals surface area contributed by atoms with Gasteiger partial charge < -0.3 is 50.5 Å². The Morgan fingerprint density at radius 3 is 2.24 bits per heavy atom. The average Bonchev–Trinajstić information content (AvgIpc) is 2.55. The maximum Gasteiger partial charge on any atom is 0.217 e. The number of ether oxygens (including phenoxy) is 2. The normalized spacial score (nSPS) is 48.2. The third kappa shape index (κ3) is 4.27. The molecule has 8 N–H and O–H groups in total. The maximum absolute atomic E-state index is 11.3. The Kier molecular flexibility index (Phi) is 6.70. The van der Waals surface area contributed by atoms with Crippen LogP contribution in [0.1, 0.15) is 13.3 Å². The quantitative estimate of drug-likeness (QED) is 0.239. The van der Waals surface area contributed by atoms with E-state index in [0.29, 0.717) is 0 Å². The van der Waals surface area contributed by atoms with Crippen molar-refractivity contribution in [2.24, 2.45) is 0 Å². The lowest BCUT2D eigenvalue weighted by atomic mass is 9.87. The van der Waals surface area contributed by atoms with Crippen molar-refractivity contribution >= 4 is 5.91 Å². The van der Waals surface area contributed by atoms with Crippen molar-refractivity contribution < 1.29 is 50.0 Å². The Morgan fingerprint density at radius 2 is 1.68 bits per heavy atom. The van der Waals surface area contributed by atoms with Crippen molar-refractivity contribution in [3.05, 3.63) is 0 Å². The fourth-order valence-electron chi connectivity index (χ4n) is 3.08. The molecule has 0 aromatic rings. The van der Waals surface area contributed by atoms with Crippen LogP contribution in [0.3, 0.4) is 0 Å². The zero-order valence-corrected chi connectivity index (χ0v) is 13.5. The number of hydrogen-bond donors (Lipinski definition) is 8. The Hall–Kier alpha value is -0.890. The summed E-state index contributed by atoms with van der Waals surface area (Å²) in [6, 6.07) is -1.25. The number of amides is 1. The fourth-order valence-corrected chi connectivity index (χ4v) is 3.08. The highest BCUT2D eigenvalue weighted by Gasteiger charge is 2.50. The summed E-state index contributed by atoms with van der Waals surface area (Å²) in [6.45, 7) is 0.515. The maximum atomic E-state index is 11.3. The van der Waals surface area contributed by atoms with Crippen LogP contribution in [0.15, 0.2) is 0 Å². The van der Waals surface area contributed by atoms with Crippen molar-refractivity contribution in [2.75, 3.05) is 6.61 Å². The highest BCUT2D eigenvalue weighted by atomic mass is 16.7. The van der Waals surface area contributed by atoms with Gasteiger partial charge in [-0.15, -0.1) is 0 Å². The second kappa shape index (κ2) is 8.20. The first kappa shape index (κ1) is 20.4. The monoisotopic (exact) mass is 367 g/mol. The van der Waals surface area contributed by atoms with Crippen LogP contribution in [0.5, 0.6) is 0 Å². The number of hydrogen-bond acceptors (Lipinski definition) is 10. The van der Waals surface area contributed by atoms with E-state index in [2.05, 4.69) is 5.32 Å². The molecule has 1 aliphatic carbocycles. The van der Waals surface area contributed by atoms with Crippen molar-refractivity contribution in [1.29, 1.82) is 0 Å². The molecule has 1 aliphatic heterocycles. The van der Waals surface area contributed by atoms with Crippen LogP contribution in [0.2, 0.25) is 0 Å². The average molecular weight is 367 g/mol. The van der Waals surface area contributed by atoms with Gasteiger partial charge in [0.05, 0.1) is 18.8 Å². The minimum Gasteiger partial charge on any atom is -0.394 e. The van der Waals surface area contributed by atoms with Crippen LogP contribution >= 0.6 is 0 Å². The van der Waals surface area contributed by atoms with E-state index in [-0.39, 0.29) is 6.42 Å². The number of carbonyl (C=O) groups is 1. The van der Waals surface area contributed by atoms with E-state index in [9.17, 15) is 40.5 Å². The third-order valence-corrected chi connectivity index (χ3v) is 4.48. The van der Waals surface area contributed by atoms with E-state index in [4.69, 9.17) is 9.47 Å². The van der Waals surface area contributed by atoms with Crippen LogP contribution in [-0.4, -0.2) is 109 Å². The van der Waals surface area contributed by atoms with Crippen LogP contribution in [0.25, 0.3) is 0 Å². The topological polar surface area (TPSA) is 189 Å². The van der Waals surface area contributed by atoms with Crippen LogP contribution in [0, 0.1) is 0 Å². The predicted molar refractivity (Wildman–Crippen MR) is 78.9 cm³/mol. The van der Waals surface area contributed by atoms with Gasteiger partial charge in [-0.3, -0.25) is 4.79 Å². The SMILES string of the molecule is CC(=O)N[C@@H]1[C@@H](O[C@@H]2[C@@H](O)[C@H](O)[C@@H](O)C[C@H]2O)O[C@H](CO)[C@@H](O)[C@@H]1O. The van der Waals surface area contributed by atoms with Gasteiger partial charge in [-0.05, 0) is 0 Å². The summed E-state index contributed by atoms with van der Waals surface area (Å²) < 4.78 is 10.8. The Bertz CT molecular complexity index is 465. The van der Waals surface area contributed by atoms with Gasteiger partial charge in [-0.25, -0.2) is 0 Å². The molecular weight excluding hydrogens is 342 g/mol. The zero-order valence-electron chi connectivity index (χ0n) is 13.5. The molecule has 1 amide bonds. The summed E-state index contributed by atoms with van der Waals surface area (Å²) in [6.07, 6.45) is -13.3. The third-order valence-electron chi connectivity index (χ3n) is 4.48. The summed E-state index contributed by atoms with van der Waals surface area (Å²) in [5.41, 5.74) is 0. The van der Waals surface area contributed by atoms with E-state index >= 15 is 0 Å². The first-order valence-corrected chi connectivity index (χ1v) is 7.94. The molecule has 10 atom stereocenters. The van der Waals surface area contributed by atoms with Gasteiger partial charge >= 0.3 is 0 Å². The van der Waals surface area contributed by atoms with E-state index in [0.717, 1.165) is 0 Å². The van der Waals surface area contributed by atoms with Crippen molar-refractivity contribution in [3.8, 4) is 0 Å². The van der Waals surface area contributed by atoms with E-state index in [1.165, 1.54) is 6.92 Å². The standard InChI is InChI=1S/C14H25NO10/c1-4(17)15-8-11(22)10(21)7(3-16)24-14(8)25-13-6(19)2-5(18)9(20)12(13)23/h5-14,16,18-23H,2-3H2,1H3,(H,15,17)/t5-,6+,7+,8-,9+,10+,11+,12-,13-,14+/m0/s1. The molecule has 1 saturated heterocycles. The van der Waals surface area contributed by atoms with Gasteiger partial charge in [-0.2, -0.15) is 0 Å². The first-order valence-electron chi connectivity index (χ1n) is 7.94. The van der Waals surface area contributed by atoms with Gasteiger partial charge in [0.25, 0.3) is 0 Å². The molecule has 0 unspecified atom stereocenters. The smallest absolute Gasteiger partial charge is 0.217 e. The van der Waals surface area contributed by atoms with Gasteiger partial charge in [0.1, 0.15) is 42.7 Å². The number of carbonyl (C=O) groups excluding carboxylic acids is 1. The predicted octanol–water partition coefficient (Wildman–Crippen LogP) is -4.84. The molecule has 0 bridgehead atoms. The summed E-state index contributed by atoms with van der Waals surface area (Å²) in [5.74, 6) is -0.559. The highest BCUT2D eigenvalue weighted by Crippen LogP contribution is 2.28. The molecule has 2 aliphatic rings. The first-order chi connectivity index (χ1) is 11.7. The fraction of sp³-hybridized carbons (Fsp3) is 0.929. The lowest BCUT2D eigenvalue weighted by Gasteiger charge is -2.46. The van der Waals surface area contributed by atoms with Crippen LogP contribution in [0.4, 0.5) is 0 Å². The Morgan fingerprint density at radius 1 is 1.04 bits per heavy atom. The van der Waals surface area contributed by atoms with E-state index in [1.807, 2.05) is 0 Å². The number of rotatable bonds is 4. The van der Waals surface area contributed by atoms with Gasteiger partial charge in [0.2, 0.25) is 5.91 Å². The molecule has 0 radical (unpaired) electrons. The van der Waals surface area contributed by atoms with Crippen molar-refractivity contribution in [3.63, 3.8) is 0 Å². The molecule has 0 spiro atoms. The number of aliphatic hydroxyl groups excluding tert-OH is 7. The molecule has 25 heavy (non-hydrogen) atoms. The molecule has 11 nitrogen and oxygen atoms in total. The molecule has 0 aromatic carbocycles. The molecule has 11 heteroatoms. The highest BCUT2D eigenvalue weighted by molar-refractivity contribution is 5.73. The van der Waals surface area contributed by atoms with Gasteiger partial charge in [-0.1, -0.05) is 0 Å². The molecule has 1 heterocycles. The van der Waals surface area contributed by atoms with Gasteiger partial charge in [0, 0.05) is 13.3 Å². The summed E-state index contributed by atoms with van der Waals surface area (Å²) in [4.78, 5) is 11.3. The molecule has 146 valence electrons. The largest absolute Gasteiger partial charge is 0.394 e. The lowest BCUT2D eigenvalue weighted by molar-refractivity contribution is -0.309. The number of aliphatic hydroxyl groups is 7. The molecule has 2 rings (SSSR count). The van der Waals surface area contributed by atoms with Crippen LogP contribution < -0.4 is 5.32 Å². The summed E-state index contributed by atoms with van der Waals surface area (Å²) in [5, 5.41) is 71.0. The van der Waals surface area contributed by atoms with Gasteiger partial charge in [0.15, 0.2) is 6.29 Å². The van der Waals surface area contributed by atoms with Crippen LogP contribution in [-0.2, 0) is 14.3 Å². The summed E-state index contributed by atoms with van der Waals surface area (Å²) >= 11 is 0.